The monoisotopic (exact) mass is 944 g/mol. The molecule has 0 aliphatic heterocycles. The summed E-state index contributed by atoms with van der Waals surface area (Å²) in [5, 5.41) is 23.3. The molecule has 0 saturated carbocycles. The fraction of sp³-hybridized carbons (Fsp3) is 0.902. The number of amides is 1. The number of allylic oxidation sites excluding steroid dienone is 4. The van der Waals surface area contributed by atoms with Crippen molar-refractivity contribution >= 4 is 11.9 Å². The molecule has 0 aromatic carbocycles. The molecule has 0 fully saturated rings. The Morgan fingerprint density at radius 1 is 0.403 bits per heavy atom. The van der Waals surface area contributed by atoms with Crippen LogP contribution in [0.4, 0.5) is 0 Å². The Kier molecular flexibility index (Phi) is 55.5. The summed E-state index contributed by atoms with van der Waals surface area (Å²) in [6, 6.07) is -0.568. The van der Waals surface area contributed by atoms with Crippen LogP contribution in [0.2, 0.25) is 0 Å². The van der Waals surface area contributed by atoms with E-state index in [2.05, 4.69) is 43.5 Å². The number of unbranched alkanes of at least 4 members (excludes halogenated alkanes) is 41. The molecule has 0 heterocycles. The number of carbonyl (C=O) groups is 2. The first-order valence-corrected chi connectivity index (χ1v) is 30.1. The highest BCUT2D eigenvalue weighted by molar-refractivity contribution is 5.76. The van der Waals surface area contributed by atoms with Gasteiger partial charge in [-0.15, -0.1) is 0 Å². The van der Waals surface area contributed by atoms with Gasteiger partial charge in [-0.05, 0) is 77.0 Å². The second-order valence-corrected chi connectivity index (χ2v) is 20.7. The molecule has 0 aromatic rings. The summed E-state index contributed by atoms with van der Waals surface area (Å²) in [5.74, 6) is -0.106. The highest BCUT2D eigenvalue weighted by Crippen LogP contribution is 2.17. The first kappa shape index (κ1) is 65.3. The second-order valence-electron chi connectivity index (χ2n) is 20.7. The molecule has 0 spiro atoms. The number of ether oxygens (including phenoxy) is 1. The van der Waals surface area contributed by atoms with Gasteiger partial charge in [0.1, 0.15) is 0 Å². The molecule has 2 atom stereocenters. The van der Waals surface area contributed by atoms with Gasteiger partial charge in [0.2, 0.25) is 5.91 Å². The first-order chi connectivity index (χ1) is 33.0. The van der Waals surface area contributed by atoms with Gasteiger partial charge in [-0.25, -0.2) is 0 Å². The molecular weight excluding hydrogens is 827 g/mol. The third-order valence-electron chi connectivity index (χ3n) is 14.0. The van der Waals surface area contributed by atoms with Gasteiger partial charge in [0.05, 0.1) is 25.4 Å². The summed E-state index contributed by atoms with van der Waals surface area (Å²) in [4.78, 5) is 24.6. The molecule has 0 aliphatic rings. The summed E-state index contributed by atoms with van der Waals surface area (Å²) in [7, 11) is 0. The van der Waals surface area contributed by atoms with Crippen LogP contribution >= 0.6 is 0 Å². The van der Waals surface area contributed by atoms with Gasteiger partial charge in [-0.2, -0.15) is 0 Å². The molecule has 2 unspecified atom stereocenters. The van der Waals surface area contributed by atoms with Crippen LogP contribution in [-0.4, -0.2) is 47.4 Å². The van der Waals surface area contributed by atoms with Crippen molar-refractivity contribution in [3.8, 4) is 0 Å². The lowest BCUT2D eigenvalue weighted by atomic mass is 10.0. The van der Waals surface area contributed by atoms with Crippen LogP contribution in [-0.2, 0) is 14.3 Å². The van der Waals surface area contributed by atoms with Gasteiger partial charge in [-0.3, -0.25) is 9.59 Å². The van der Waals surface area contributed by atoms with E-state index < -0.39 is 12.1 Å². The number of carbonyl (C=O) groups excluding carboxylic acids is 2. The van der Waals surface area contributed by atoms with Crippen molar-refractivity contribution in [1.82, 2.24) is 5.32 Å². The highest BCUT2D eigenvalue weighted by atomic mass is 16.5. The second kappa shape index (κ2) is 56.9. The van der Waals surface area contributed by atoms with Crippen LogP contribution in [0.1, 0.15) is 328 Å². The quantitative estimate of drug-likeness (QED) is 0.0321. The average Bonchev–Trinajstić information content (AvgIpc) is 3.33. The molecule has 0 rings (SSSR count). The Balaban J connectivity index is 3.50. The Labute approximate surface area is 418 Å². The van der Waals surface area contributed by atoms with Gasteiger partial charge >= 0.3 is 5.97 Å². The lowest BCUT2D eigenvalue weighted by Gasteiger charge is -2.22. The molecule has 0 bridgehead atoms. The van der Waals surface area contributed by atoms with Gasteiger partial charge in [0, 0.05) is 12.8 Å². The van der Waals surface area contributed by atoms with Crippen LogP contribution in [0.3, 0.4) is 0 Å². The zero-order valence-corrected chi connectivity index (χ0v) is 45.1. The van der Waals surface area contributed by atoms with E-state index in [-0.39, 0.29) is 18.5 Å². The fourth-order valence-electron chi connectivity index (χ4n) is 9.34. The third kappa shape index (κ3) is 53.5. The molecule has 396 valence electrons. The number of hydrogen-bond acceptors (Lipinski definition) is 5. The van der Waals surface area contributed by atoms with Crippen molar-refractivity contribution in [2.75, 3.05) is 13.2 Å². The highest BCUT2D eigenvalue weighted by Gasteiger charge is 2.20. The molecule has 67 heavy (non-hydrogen) atoms. The molecule has 0 radical (unpaired) electrons. The topological polar surface area (TPSA) is 95.9 Å². The summed E-state index contributed by atoms with van der Waals surface area (Å²) >= 11 is 0. The largest absolute Gasteiger partial charge is 0.466 e. The number of nitrogens with one attached hydrogen (secondary N) is 1. The van der Waals surface area contributed by atoms with E-state index in [0.29, 0.717) is 25.9 Å². The molecule has 0 aliphatic carbocycles. The van der Waals surface area contributed by atoms with E-state index in [1.807, 2.05) is 0 Å². The molecular formula is C61H117NO5. The van der Waals surface area contributed by atoms with E-state index in [4.69, 9.17) is 4.74 Å². The Bertz CT molecular complexity index is 1040. The SMILES string of the molecule is CCCCCCCC/C=C\CCCCCCCCCC(=O)OCCCC/C=C\CCCCCCC(=O)NC(CO)C(O)CCCCCCCCCCCCCCCCCCCCCCCCC. The number of rotatable bonds is 56. The van der Waals surface area contributed by atoms with Crippen molar-refractivity contribution in [3.63, 3.8) is 0 Å². The minimum Gasteiger partial charge on any atom is -0.466 e. The minimum absolute atomic E-state index is 0.0387. The predicted octanol–water partition coefficient (Wildman–Crippen LogP) is 18.6. The van der Waals surface area contributed by atoms with Gasteiger partial charge < -0.3 is 20.3 Å². The maximum Gasteiger partial charge on any atom is 0.305 e. The van der Waals surface area contributed by atoms with Crippen molar-refractivity contribution in [2.45, 2.75) is 341 Å². The minimum atomic E-state index is -0.687. The lowest BCUT2D eigenvalue weighted by molar-refractivity contribution is -0.143. The number of hydrogen-bond donors (Lipinski definition) is 3. The van der Waals surface area contributed by atoms with Crippen molar-refractivity contribution < 1.29 is 24.5 Å². The average molecular weight is 945 g/mol. The molecule has 3 N–H and O–H groups in total. The van der Waals surface area contributed by atoms with Crippen LogP contribution < -0.4 is 5.32 Å². The van der Waals surface area contributed by atoms with Crippen molar-refractivity contribution in [3.05, 3.63) is 24.3 Å². The Hall–Kier alpha value is -1.66. The Morgan fingerprint density at radius 3 is 1.06 bits per heavy atom. The normalized spacial score (nSPS) is 12.7. The maximum absolute atomic E-state index is 12.5. The van der Waals surface area contributed by atoms with Crippen LogP contribution in [0, 0.1) is 0 Å². The molecule has 0 saturated heterocycles. The number of esters is 1. The van der Waals surface area contributed by atoms with E-state index in [1.165, 1.54) is 218 Å². The van der Waals surface area contributed by atoms with E-state index in [1.54, 1.807) is 0 Å². The predicted molar refractivity (Wildman–Crippen MR) is 292 cm³/mol. The first-order valence-electron chi connectivity index (χ1n) is 30.1. The van der Waals surface area contributed by atoms with Gasteiger partial charge in [0.15, 0.2) is 0 Å². The van der Waals surface area contributed by atoms with E-state index in [0.717, 1.165) is 77.0 Å². The zero-order valence-electron chi connectivity index (χ0n) is 45.1. The van der Waals surface area contributed by atoms with Crippen molar-refractivity contribution in [1.29, 1.82) is 0 Å². The maximum atomic E-state index is 12.5. The molecule has 1 amide bonds. The third-order valence-corrected chi connectivity index (χ3v) is 14.0. The Morgan fingerprint density at radius 2 is 0.701 bits per heavy atom. The summed E-state index contributed by atoms with van der Waals surface area (Å²) in [6.45, 7) is 4.88. The lowest BCUT2D eigenvalue weighted by Crippen LogP contribution is -2.45. The van der Waals surface area contributed by atoms with E-state index in [9.17, 15) is 19.8 Å². The molecule has 6 nitrogen and oxygen atoms in total. The summed E-state index contributed by atoms with van der Waals surface area (Å²) in [6.07, 6.45) is 68.9. The van der Waals surface area contributed by atoms with Gasteiger partial charge in [-0.1, -0.05) is 263 Å². The molecule has 6 heteroatoms. The number of aliphatic hydroxyl groups is 2. The van der Waals surface area contributed by atoms with Crippen LogP contribution in [0.5, 0.6) is 0 Å². The van der Waals surface area contributed by atoms with Crippen LogP contribution in [0.15, 0.2) is 24.3 Å². The van der Waals surface area contributed by atoms with Crippen LogP contribution in [0.25, 0.3) is 0 Å². The smallest absolute Gasteiger partial charge is 0.305 e. The molecule has 0 aromatic heterocycles. The van der Waals surface area contributed by atoms with E-state index >= 15 is 0 Å². The fourth-order valence-corrected chi connectivity index (χ4v) is 9.34. The number of aliphatic hydroxyl groups excluding tert-OH is 2. The summed E-state index contributed by atoms with van der Waals surface area (Å²) in [5.41, 5.74) is 0. The van der Waals surface area contributed by atoms with Gasteiger partial charge in [0.25, 0.3) is 0 Å². The standard InChI is InChI=1S/C61H117NO5/c1-3-5-7-9-11-13-15-17-19-21-22-23-24-25-26-28-29-31-33-37-41-45-49-53-59(64)58(57-63)62-60(65)54-50-46-42-38-35-36-40-44-48-52-56-67-61(66)55-51-47-43-39-34-32-30-27-20-18-16-14-12-10-8-6-4-2/h18,20,36,40,58-59,63-64H,3-17,19,21-35,37-39,41-57H2,1-2H3,(H,62,65)/b20-18-,40-36-. The van der Waals surface area contributed by atoms with Crippen molar-refractivity contribution in [2.24, 2.45) is 0 Å². The zero-order chi connectivity index (χ0) is 48.6. The summed E-state index contributed by atoms with van der Waals surface area (Å²) < 4.78 is 5.45.